The molecule has 1 aliphatic rings. The first-order valence-corrected chi connectivity index (χ1v) is 6.63. The lowest BCUT2D eigenvalue weighted by Gasteiger charge is -2.37. The van der Waals surface area contributed by atoms with E-state index in [1.807, 2.05) is 19.1 Å². The van der Waals surface area contributed by atoms with Crippen molar-refractivity contribution in [1.29, 1.82) is 0 Å². The van der Waals surface area contributed by atoms with Crippen LogP contribution in [0.2, 0.25) is 0 Å². The van der Waals surface area contributed by atoms with Crippen LogP contribution in [0.5, 0.6) is 0 Å². The van der Waals surface area contributed by atoms with Gasteiger partial charge in [0.2, 0.25) is 11.8 Å². The van der Waals surface area contributed by atoms with Gasteiger partial charge in [-0.1, -0.05) is 6.92 Å². The number of amides is 2. The second kappa shape index (κ2) is 5.82. The van der Waals surface area contributed by atoms with Crippen LogP contribution in [-0.2, 0) is 16.0 Å². The number of piperazine rings is 1. The summed E-state index contributed by atoms with van der Waals surface area (Å²) in [7, 11) is 0. The van der Waals surface area contributed by atoms with E-state index >= 15 is 0 Å². The minimum Gasteiger partial charge on any atom is -0.343 e. The average Bonchev–Trinajstić information content (AvgIpc) is 2.42. The van der Waals surface area contributed by atoms with Crippen LogP contribution in [0.3, 0.4) is 0 Å². The van der Waals surface area contributed by atoms with Crippen molar-refractivity contribution in [1.82, 2.24) is 15.2 Å². The van der Waals surface area contributed by atoms with Gasteiger partial charge in [0.1, 0.15) is 12.1 Å². The van der Waals surface area contributed by atoms with Gasteiger partial charge in [0.25, 0.3) is 0 Å². The van der Waals surface area contributed by atoms with Crippen molar-refractivity contribution in [3.8, 4) is 0 Å². The van der Waals surface area contributed by atoms with Crippen LogP contribution in [0.1, 0.15) is 25.8 Å². The maximum atomic E-state index is 12.2. The maximum absolute atomic E-state index is 12.2. The fourth-order valence-corrected chi connectivity index (χ4v) is 2.39. The molecule has 1 fully saturated rings. The second-order valence-electron chi connectivity index (χ2n) is 4.79. The van der Waals surface area contributed by atoms with Crippen molar-refractivity contribution in [2.45, 2.75) is 38.8 Å². The lowest BCUT2D eigenvalue weighted by atomic mass is 10.0. The SMILES string of the molecule is CCC1C(=O)NC(C)C(=O)N1CCc1ccncc1. The number of nitrogens with one attached hydrogen (secondary N) is 1. The smallest absolute Gasteiger partial charge is 0.245 e. The first-order valence-electron chi connectivity index (χ1n) is 6.63. The molecular formula is C14H19N3O2. The van der Waals surface area contributed by atoms with E-state index in [2.05, 4.69) is 10.3 Å². The summed E-state index contributed by atoms with van der Waals surface area (Å²) in [5, 5.41) is 2.72. The predicted octanol–water partition coefficient (Wildman–Crippen LogP) is 0.750. The third-order valence-electron chi connectivity index (χ3n) is 3.47. The molecule has 0 bridgehead atoms. The highest BCUT2D eigenvalue weighted by Gasteiger charge is 2.36. The van der Waals surface area contributed by atoms with Crippen molar-refractivity contribution < 1.29 is 9.59 Å². The standard InChI is InChI=1S/C14H19N3O2/c1-3-12-13(18)16-10(2)14(19)17(12)9-6-11-4-7-15-8-5-11/h4-5,7-8,10,12H,3,6,9H2,1-2H3,(H,16,18). The molecule has 2 unspecified atom stereocenters. The van der Waals surface area contributed by atoms with Gasteiger partial charge < -0.3 is 10.2 Å². The van der Waals surface area contributed by atoms with Crippen molar-refractivity contribution in [2.75, 3.05) is 6.54 Å². The molecule has 102 valence electrons. The average molecular weight is 261 g/mol. The molecule has 1 aliphatic heterocycles. The van der Waals surface area contributed by atoms with E-state index in [-0.39, 0.29) is 17.9 Å². The normalized spacial score (nSPS) is 23.4. The Morgan fingerprint density at radius 2 is 2.00 bits per heavy atom. The Morgan fingerprint density at radius 3 is 2.63 bits per heavy atom. The van der Waals surface area contributed by atoms with Gasteiger partial charge in [-0.3, -0.25) is 14.6 Å². The summed E-state index contributed by atoms with van der Waals surface area (Å²) in [6, 6.07) is 3.09. The summed E-state index contributed by atoms with van der Waals surface area (Å²) >= 11 is 0. The molecule has 2 rings (SSSR count). The van der Waals surface area contributed by atoms with Crippen LogP contribution in [0.25, 0.3) is 0 Å². The van der Waals surface area contributed by atoms with Gasteiger partial charge in [-0.2, -0.15) is 0 Å². The number of carbonyl (C=O) groups excluding carboxylic acids is 2. The summed E-state index contributed by atoms with van der Waals surface area (Å²) in [5.41, 5.74) is 1.12. The number of rotatable bonds is 4. The molecular weight excluding hydrogens is 242 g/mol. The number of hydrogen-bond donors (Lipinski definition) is 1. The van der Waals surface area contributed by atoms with E-state index < -0.39 is 6.04 Å². The zero-order valence-corrected chi connectivity index (χ0v) is 11.3. The second-order valence-corrected chi connectivity index (χ2v) is 4.79. The fraction of sp³-hybridized carbons (Fsp3) is 0.500. The molecule has 1 saturated heterocycles. The molecule has 0 saturated carbocycles. The van der Waals surface area contributed by atoms with E-state index in [9.17, 15) is 9.59 Å². The van der Waals surface area contributed by atoms with E-state index in [1.54, 1.807) is 24.2 Å². The van der Waals surface area contributed by atoms with Gasteiger partial charge in [0.15, 0.2) is 0 Å². The van der Waals surface area contributed by atoms with Gasteiger partial charge >= 0.3 is 0 Å². The summed E-state index contributed by atoms with van der Waals surface area (Å²) < 4.78 is 0. The Balaban J connectivity index is 2.07. The maximum Gasteiger partial charge on any atom is 0.245 e. The monoisotopic (exact) mass is 261 g/mol. The van der Waals surface area contributed by atoms with E-state index in [1.165, 1.54) is 0 Å². The molecule has 2 amide bonds. The first kappa shape index (κ1) is 13.5. The van der Waals surface area contributed by atoms with Gasteiger partial charge in [0.05, 0.1) is 0 Å². The highest BCUT2D eigenvalue weighted by Crippen LogP contribution is 2.14. The Hall–Kier alpha value is -1.91. The topological polar surface area (TPSA) is 62.3 Å². The zero-order valence-electron chi connectivity index (χ0n) is 11.3. The number of hydrogen-bond acceptors (Lipinski definition) is 3. The molecule has 2 atom stereocenters. The highest BCUT2D eigenvalue weighted by atomic mass is 16.2. The molecule has 0 aliphatic carbocycles. The lowest BCUT2D eigenvalue weighted by Crippen LogP contribution is -2.62. The van der Waals surface area contributed by atoms with Crippen molar-refractivity contribution >= 4 is 11.8 Å². The van der Waals surface area contributed by atoms with Crippen LogP contribution in [0, 0.1) is 0 Å². The Kier molecular flexibility index (Phi) is 4.14. The molecule has 5 nitrogen and oxygen atoms in total. The third kappa shape index (κ3) is 2.92. The molecule has 19 heavy (non-hydrogen) atoms. The molecule has 0 aromatic carbocycles. The number of pyridine rings is 1. The van der Waals surface area contributed by atoms with Crippen LogP contribution in [0.4, 0.5) is 0 Å². The molecule has 1 aromatic rings. The number of nitrogens with zero attached hydrogens (tertiary/aromatic N) is 2. The van der Waals surface area contributed by atoms with Crippen LogP contribution in [0.15, 0.2) is 24.5 Å². The van der Waals surface area contributed by atoms with Gasteiger partial charge in [-0.05, 0) is 37.5 Å². The van der Waals surface area contributed by atoms with Crippen molar-refractivity contribution in [3.63, 3.8) is 0 Å². The van der Waals surface area contributed by atoms with Crippen LogP contribution >= 0.6 is 0 Å². The van der Waals surface area contributed by atoms with E-state index in [0.29, 0.717) is 13.0 Å². The van der Waals surface area contributed by atoms with Gasteiger partial charge in [-0.15, -0.1) is 0 Å². The number of carbonyl (C=O) groups is 2. The van der Waals surface area contributed by atoms with Crippen LogP contribution < -0.4 is 5.32 Å². The third-order valence-corrected chi connectivity index (χ3v) is 3.47. The van der Waals surface area contributed by atoms with Crippen molar-refractivity contribution in [3.05, 3.63) is 30.1 Å². The van der Waals surface area contributed by atoms with E-state index in [0.717, 1.165) is 12.0 Å². The van der Waals surface area contributed by atoms with Crippen LogP contribution in [-0.4, -0.2) is 40.3 Å². The van der Waals surface area contributed by atoms with Gasteiger partial charge in [0, 0.05) is 18.9 Å². The Bertz CT molecular complexity index is 461. The minimum absolute atomic E-state index is 0.000469. The highest BCUT2D eigenvalue weighted by molar-refractivity contribution is 5.96. The Labute approximate surface area is 113 Å². The van der Waals surface area contributed by atoms with Crippen molar-refractivity contribution in [2.24, 2.45) is 0 Å². The van der Waals surface area contributed by atoms with Gasteiger partial charge in [-0.25, -0.2) is 0 Å². The molecule has 0 radical (unpaired) electrons. The summed E-state index contributed by atoms with van der Waals surface area (Å²) in [6.07, 6.45) is 4.85. The lowest BCUT2D eigenvalue weighted by molar-refractivity contribution is -0.148. The quantitative estimate of drug-likeness (QED) is 0.870. The molecule has 5 heteroatoms. The Morgan fingerprint density at radius 1 is 1.32 bits per heavy atom. The summed E-state index contributed by atoms with van der Waals surface area (Å²) in [6.45, 7) is 4.22. The molecule has 1 N–H and O–H groups in total. The van der Waals surface area contributed by atoms with E-state index in [4.69, 9.17) is 0 Å². The summed E-state index contributed by atoms with van der Waals surface area (Å²) in [4.78, 5) is 29.7. The summed E-state index contributed by atoms with van der Waals surface area (Å²) in [5.74, 6) is -0.0511. The fourth-order valence-electron chi connectivity index (χ4n) is 2.39. The first-order chi connectivity index (χ1) is 9.13. The largest absolute Gasteiger partial charge is 0.343 e. The molecule has 0 spiro atoms. The predicted molar refractivity (Wildman–Crippen MR) is 71.3 cm³/mol. The molecule has 1 aromatic heterocycles. The number of aromatic nitrogens is 1. The minimum atomic E-state index is -0.423. The zero-order chi connectivity index (χ0) is 13.8. The molecule has 2 heterocycles.